The van der Waals surface area contributed by atoms with E-state index in [9.17, 15) is 5.11 Å². The molecule has 0 amide bonds. The third kappa shape index (κ3) is 2.73. The van der Waals surface area contributed by atoms with Gasteiger partial charge in [0.2, 0.25) is 0 Å². The molecule has 1 heterocycles. The van der Waals surface area contributed by atoms with Crippen molar-refractivity contribution in [3.63, 3.8) is 0 Å². The van der Waals surface area contributed by atoms with Crippen LogP contribution in [0.15, 0.2) is 0 Å². The van der Waals surface area contributed by atoms with Crippen molar-refractivity contribution in [3.05, 3.63) is 0 Å². The Hall–Kier alpha value is -0.120. The first-order valence-corrected chi connectivity index (χ1v) is 4.69. The quantitative estimate of drug-likeness (QED) is 0.701. The molecular formula is C9H18O3. The maximum absolute atomic E-state index is 9.28. The standard InChI is InChI=1S/C9H18O3/c1-3-11-9-6-4-5-8(12-9)7(2)10/h7-10H,3-6H2,1-2H3/t7-,8-,9+/m1/s1. The van der Waals surface area contributed by atoms with Crippen molar-refractivity contribution in [2.75, 3.05) is 6.61 Å². The molecule has 1 aliphatic heterocycles. The summed E-state index contributed by atoms with van der Waals surface area (Å²) < 4.78 is 10.8. The predicted octanol–water partition coefficient (Wildman–Crippen LogP) is 1.30. The lowest BCUT2D eigenvalue weighted by atomic mass is 10.0. The van der Waals surface area contributed by atoms with Crippen LogP contribution in [0.1, 0.15) is 33.1 Å². The second-order valence-corrected chi connectivity index (χ2v) is 3.23. The average molecular weight is 174 g/mol. The normalized spacial score (nSPS) is 33.2. The molecule has 72 valence electrons. The van der Waals surface area contributed by atoms with Crippen LogP contribution in [-0.4, -0.2) is 30.2 Å². The Morgan fingerprint density at radius 2 is 2.33 bits per heavy atom. The molecule has 0 aromatic carbocycles. The van der Waals surface area contributed by atoms with Gasteiger partial charge >= 0.3 is 0 Å². The summed E-state index contributed by atoms with van der Waals surface area (Å²) in [6.07, 6.45) is 2.48. The molecule has 12 heavy (non-hydrogen) atoms. The van der Waals surface area contributed by atoms with Crippen LogP contribution in [0.5, 0.6) is 0 Å². The zero-order valence-electron chi connectivity index (χ0n) is 7.82. The molecule has 0 spiro atoms. The van der Waals surface area contributed by atoms with Gasteiger partial charge in [-0.25, -0.2) is 0 Å². The van der Waals surface area contributed by atoms with E-state index >= 15 is 0 Å². The third-order valence-corrected chi connectivity index (χ3v) is 2.15. The van der Waals surface area contributed by atoms with Gasteiger partial charge in [-0.2, -0.15) is 0 Å². The van der Waals surface area contributed by atoms with Crippen LogP contribution in [0.25, 0.3) is 0 Å². The van der Waals surface area contributed by atoms with Gasteiger partial charge in [-0.1, -0.05) is 0 Å². The predicted molar refractivity (Wildman–Crippen MR) is 45.8 cm³/mol. The molecule has 0 aliphatic carbocycles. The Morgan fingerprint density at radius 1 is 1.58 bits per heavy atom. The van der Waals surface area contributed by atoms with Crippen molar-refractivity contribution in [1.82, 2.24) is 0 Å². The van der Waals surface area contributed by atoms with E-state index in [0.717, 1.165) is 19.3 Å². The molecule has 3 atom stereocenters. The van der Waals surface area contributed by atoms with E-state index in [0.29, 0.717) is 6.61 Å². The molecule has 0 aromatic heterocycles. The topological polar surface area (TPSA) is 38.7 Å². The van der Waals surface area contributed by atoms with Gasteiger partial charge in [0.05, 0.1) is 12.2 Å². The van der Waals surface area contributed by atoms with E-state index in [-0.39, 0.29) is 18.5 Å². The molecule has 0 saturated carbocycles. The van der Waals surface area contributed by atoms with Crippen LogP contribution in [0.2, 0.25) is 0 Å². The molecule has 1 saturated heterocycles. The lowest BCUT2D eigenvalue weighted by Crippen LogP contribution is -2.36. The van der Waals surface area contributed by atoms with E-state index in [2.05, 4.69) is 0 Å². The van der Waals surface area contributed by atoms with E-state index in [4.69, 9.17) is 9.47 Å². The van der Waals surface area contributed by atoms with Crippen LogP contribution < -0.4 is 0 Å². The van der Waals surface area contributed by atoms with Gasteiger partial charge in [0.15, 0.2) is 6.29 Å². The van der Waals surface area contributed by atoms with Crippen molar-refractivity contribution in [2.24, 2.45) is 0 Å². The van der Waals surface area contributed by atoms with Gasteiger partial charge in [-0.3, -0.25) is 0 Å². The highest BCUT2D eigenvalue weighted by Gasteiger charge is 2.25. The van der Waals surface area contributed by atoms with Gasteiger partial charge < -0.3 is 14.6 Å². The largest absolute Gasteiger partial charge is 0.391 e. The van der Waals surface area contributed by atoms with Crippen LogP contribution in [0, 0.1) is 0 Å². The van der Waals surface area contributed by atoms with E-state index in [1.165, 1.54) is 0 Å². The van der Waals surface area contributed by atoms with Gasteiger partial charge in [0.1, 0.15) is 0 Å². The molecule has 3 nitrogen and oxygen atoms in total. The Labute approximate surface area is 73.7 Å². The maximum atomic E-state index is 9.28. The molecule has 0 aromatic rings. The van der Waals surface area contributed by atoms with E-state index in [1.807, 2.05) is 6.92 Å². The van der Waals surface area contributed by atoms with Gasteiger partial charge in [-0.15, -0.1) is 0 Å². The number of ether oxygens (including phenoxy) is 2. The maximum Gasteiger partial charge on any atom is 0.158 e. The summed E-state index contributed by atoms with van der Waals surface area (Å²) in [7, 11) is 0. The van der Waals surface area contributed by atoms with Gasteiger partial charge in [0, 0.05) is 6.61 Å². The Morgan fingerprint density at radius 3 is 2.92 bits per heavy atom. The zero-order valence-corrected chi connectivity index (χ0v) is 7.82. The second-order valence-electron chi connectivity index (χ2n) is 3.23. The van der Waals surface area contributed by atoms with Crippen molar-refractivity contribution in [2.45, 2.75) is 51.6 Å². The minimum Gasteiger partial charge on any atom is -0.391 e. The zero-order chi connectivity index (χ0) is 8.97. The average Bonchev–Trinajstić information content (AvgIpc) is 2.05. The SMILES string of the molecule is CCO[C@@H]1CCC[C@H]([C@@H](C)O)O1. The second kappa shape index (κ2) is 4.80. The van der Waals surface area contributed by atoms with Crippen LogP contribution in [-0.2, 0) is 9.47 Å². The lowest BCUT2D eigenvalue weighted by molar-refractivity contribution is -0.210. The Bertz CT molecular complexity index is 123. The van der Waals surface area contributed by atoms with E-state index in [1.54, 1.807) is 6.92 Å². The van der Waals surface area contributed by atoms with Crippen molar-refractivity contribution in [3.8, 4) is 0 Å². The summed E-state index contributed by atoms with van der Waals surface area (Å²) in [6.45, 7) is 4.39. The van der Waals surface area contributed by atoms with Crippen molar-refractivity contribution < 1.29 is 14.6 Å². The van der Waals surface area contributed by atoms with Crippen LogP contribution >= 0.6 is 0 Å². The summed E-state index contributed by atoms with van der Waals surface area (Å²) in [5.41, 5.74) is 0. The molecule has 0 radical (unpaired) electrons. The molecule has 0 bridgehead atoms. The number of hydrogen-bond donors (Lipinski definition) is 1. The number of rotatable bonds is 3. The first kappa shape index (κ1) is 9.96. The first-order valence-electron chi connectivity index (χ1n) is 4.69. The smallest absolute Gasteiger partial charge is 0.158 e. The summed E-state index contributed by atoms with van der Waals surface area (Å²) >= 11 is 0. The third-order valence-electron chi connectivity index (χ3n) is 2.15. The molecule has 1 N–H and O–H groups in total. The van der Waals surface area contributed by atoms with Crippen molar-refractivity contribution >= 4 is 0 Å². The minimum absolute atomic E-state index is 0.0321. The van der Waals surface area contributed by atoms with Crippen LogP contribution in [0.4, 0.5) is 0 Å². The highest BCUT2D eigenvalue weighted by molar-refractivity contribution is 4.70. The fourth-order valence-electron chi connectivity index (χ4n) is 1.48. The highest BCUT2D eigenvalue weighted by Crippen LogP contribution is 2.21. The molecule has 1 fully saturated rings. The molecular weight excluding hydrogens is 156 g/mol. The Balaban J connectivity index is 2.30. The summed E-state index contributed by atoms with van der Waals surface area (Å²) in [5, 5.41) is 9.28. The summed E-state index contributed by atoms with van der Waals surface area (Å²) in [4.78, 5) is 0. The molecule has 0 unspecified atom stereocenters. The van der Waals surface area contributed by atoms with E-state index < -0.39 is 0 Å². The summed E-state index contributed by atoms with van der Waals surface area (Å²) in [6, 6.07) is 0. The summed E-state index contributed by atoms with van der Waals surface area (Å²) in [5.74, 6) is 0. The lowest BCUT2D eigenvalue weighted by Gasteiger charge is -2.31. The molecule has 3 heteroatoms. The molecule has 1 rings (SSSR count). The monoisotopic (exact) mass is 174 g/mol. The Kier molecular flexibility index (Phi) is 3.98. The number of aliphatic hydroxyl groups is 1. The van der Waals surface area contributed by atoms with Gasteiger partial charge in [0.25, 0.3) is 0 Å². The number of hydrogen-bond acceptors (Lipinski definition) is 3. The fourth-order valence-corrected chi connectivity index (χ4v) is 1.48. The van der Waals surface area contributed by atoms with Crippen molar-refractivity contribution in [1.29, 1.82) is 0 Å². The molecule has 1 aliphatic rings. The van der Waals surface area contributed by atoms with Gasteiger partial charge in [-0.05, 0) is 33.1 Å². The highest BCUT2D eigenvalue weighted by atomic mass is 16.7. The minimum atomic E-state index is -0.381. The number of aliphatic hydroxyl groups excluding tert-OH is 1. The van der Waals surface area contributed by atoms with Crippen LogP contribution in [0.3, 0.4) is 0 Å². The first-order chi connectivity index (χ1) is 5.74. The fraction of sp³-hybridized carbons (Fsp3) is 1.00.